The summed E-state index contributed by atoms with van der Waals surface area (Å²) in [5.41, 5.74) is 3.39. The average Bonchev–Trinajstić information content (AvgIpc) is 2.54. The molecular formula is C20H26N2O. The molecule has 1 heterocycles. The molecule has 1 atom stereocenters. The van der Waals surface area contributed by atoms with Crippen molar-refractivity contribution >= 4 is 5.91 Å². The van der Waals surface area contributed by atoms with Gasteiger partial charge in [0.25, 0.3) is 0 Å². The van der Waals surface area contributed by atoms with Crippen molar-refractivity contribution in [3.05, 3.63) is 65.5 Å². The van der Waals surface area contributed by atoms with Gasteiger partial charge in [-0.1, -0.05) is 58.0 Å². The van der Waals surface area contributed by atoms with Crippen LogP contribution in [0.15, 0.2) is 48.8 Å². The summed E-state index contributed by atoms with van der Waals surface area (Å²) in [6.07, 6.45) is 3.51. The second-order valence-electron chi connectivity index (χ2n) is 6.62. The van der Waals surface area contributed by atoms with Crippen molar-refractivity contribution in [3.63, 3.8) is 0 Å². The molecule has 0 fully saturated rings. The lowest BCUT2D eigenvalue weighted by atomic mass is 9.86. The highest BCUT2D eigenvalue weighted by atomic mass is 16.1. The molecule has 0 spiro atoms. The van der Waals surface area contributed by atoms with E-state index in [2.05, 4.69) is 62.3 Å². The fraction of sp³-hybridized carbons (Fsp3) is 0.400. The number of aromatic nitrogens is 1. The number of nitrogens with one attached hydrogen (secondary N) is 1. The van der Waals surface area contributed by atoms with E-state index in [1.165, 1.54) is 5.56 Å². The molecule has 1 N–H and O–H groups in total. The van der Waals surface area contributed by atoms with Crippen molar-refractivity contribution in [1.82, 2.24) is 10.3 Å². The van der Waals surface area contributed by atoms with Crippen LogP contribution in [0.4, 0.5) is 0 Å². The number of hydrogen-bond donors (Lipinski definition) is 1. The van der Waals surface area contributed by atoms with Crippen molar-refractivity contribution in [2.75, 3.05) is 0 Å². The molecule has 2 aromatic rings. The molecule has 0 saturated heterocycles. The zero-order chi connectivity index (χ0) is 16.8. The van der Waals surface area contributed by atoms with Gasteiger partial charge in [-0.05, 0) is 34.6 Å². The normalized spacial score (nSPS) is 12.4. The Balaban J connectivity index is 2.09. The van der Waals surface area contributed by atoms with E-state index < -0.39 is 0 Å². The number of nitrogens with zero attached hydrogens (tertiary/aromatic N) is 1. The minimum absolute atomic E-state index is 0.0705. The molecular weight excluding hydrogens is 284 g/mol. The first-order valence-electron chi connectivity index (χ1n) is 8.25. The molecule has 0 bridgehead atoms. The van der Waals surface area contributed by atoms with Crippen LogP contribution in [0.1, 0.15) is 56.2 Å². The maximum absolute atomic E-state index is 12.6. The van der Waals surface area contributed by atoms with E-state index in [4.69, 9.17) is 0 Å². The molecule has 23 heavy (non-hydrogen) atoms. The first-order valence-corrected chi connectivity index (χ1v) is 8.25. The zero-order valence-corrected chi connectivity index (χ0v) is 14.4. The maximum atomic E-state index is 12.6. The Kier molecular flexibility index (Phi) is 5.91. The monoisotopic (exact) mass is 310 g/mol. The highest BCUT2D eigenvalue weighted by molar-refractivity contribution is 5.83. The second kappa shape index (κ2) is 7.91. The van der Waals surface area contributed by atoms with E-state index in [-0.39, 0.29) is 17.7 Å². The van der Waals surface area contributed by atoms with Gasteiger partial charge < -0.3 is 5.32 Å². The van der Waals surface area contributed by atoms with E-state index >= 15 is 0 Å². The van der Waals surface area contributed by atoms with E-state index in [0.717, 1.165) is 11.1 Å². The summed E-state index contributed by atoms with van der Waals surface area (Å²) in [5, 5.41) is 3.04. The van der Waals surface area contributed by atoms with Crippen molar-refractivity contribution < 1.29 is 4.79 Å². The van der Waals surface area contributed by atoms with Crippen molar-refractivity contribution in [2.45, 2.75) is 46.1 Å². The van der Waals surface area contributed by atoms with Crippen LogP contribution in [0.3, 0.4) is 0 Å². The number of benzene rings is 1. The Hall–Kier alpha value is -2.16. The maximum Gasteiger partial charge on any atom is 0.228 e. The lowest BCUT2D eigenvalue weighted by molar-refractivity contribution is -0.123. The van der Waals surface area contributed by atoms with Crippen LogP contribution >= 0.6 is 0 Å². The van der Waals surface area contributed by atoms with Crippen LogP contribution in [-0.4, -0.2) is 10.9 Å². The van der Waals surface area contributed by atoms with E-state index in [0.29, 0.717) is 12.5 Å². The summed E-state index contributed by atoms with van der Waals surface area (Å²) in [6, 6.07) is 12.3. The molecule has 1 amide bonds. The smallest absolute Gasteiger partial charge is 0.228 e. The van der Waals surface area contributed by atoms with Crippen molar-refractivity contribution in [2.24, 2.45) is 5.92 Å². The van der Waals surface area contributed by atoms with Gasteiger partial charge in [-0.3, -0.25) is 9.78 Å². The van der Waals surface area contributed by atoms with Gasteiger partial charge in [-0.15, -0.1) is 0 Å². The predicted molar refractivity (Wildman–Crippen MR) is 94.2 cm³/mol. The van der Waals surface area contributed by atoms with Crippen LogP contribution in [0.25, 0.3) is 0 Å². The molecule has 1 aromatic carbocycles. The fourth-order valence-electron chi connectivity index (χ4n) is 2.73. The van der Waals surface area contributed by atoms with Crippen molar-refractivity contribution in [1.29, 1.82) is 0 Å². The molecule has 3 heteroatoms. The summed E-state index contributed by atoms with van der Waals surface area (Å²) >= 11 is 0. The number of amides is 1. The third kappa shape index (κ3) is 4.65. The van der Waals surface area contributed by atoms with Gasteiger partial charge >= 0.3 is 0 Å². The molecule has 0 aliphatic rings. The highest BCUT2D eigenvalue weighted by Crippen LogP contribution is 2.26. The predicted octanol–water partition coefficient (Wildman–Crippen LogP) is 4.26. The number of pyridine rings is 1. The lowest BCUT2D eigenvalue weighted by Crippen LogP contribution is -2.31. The topological polar surface area (TPSA) is 42.0 Å². The first-order chi connectivity index (χ1) is 11.0. The Labute approximate surface area is 139 Å². The Morgan fingerprint density at radius 3 is 2.22 bits per heavy atom. The molecule has 3 nitrogen and oxygen atoms in total. The summed E-state index contributed by atoms with van der Waals surface area (Å²) < 4.78 is 0. The Morgan fingerprint density at radius 2 is 1.70 bits per heavy atom. The molecule has 122 valence electrons. The van der Waals surface area contributed by atoms with E-state index in [1.807, 2.05) is 12.1 Å². The lowest BCUT2D eigenvalue weighted by Gasteiger charge is -2.21. The largest absolute Gasteiger partial charge is 0.351 e. The van der Waals surface area contributed by atoms with Crippen LogP contribution in [0.5, 0.6) is 0 Å². The SMILES string of the molecule is CC(C)c1ccc(C(C(=O)NCc2cccnc2)C(C)C)cc1. The molecule has 0 radical (unpaired) electrons. The summed E-state index contributed by atoms with van der Waals surface area (Å²) in [7, 11) is 0. The van der Waals surface area contributed by atoms with Gasteiger partial charge in [-0.25, -0.2) is 0 Å². The standard InChI is InChI=1S/C20H26N2O/c1-14(2)17-7-9-18(10-8-17)19(15(3)4)20(23)22-13-16-6-5-11-21-12-16/h5-12,14-15,19H,13H2,1-4H3,(H,22,23). The molecule has 0 saturated carbocycles. The highest BCUT2D eigenvalue weighted by Gasteiger charge is 2.24. The van der Waals surface area contributed by atoms with E-state index in [9.17, 15) is 4.79 Å². The van der Waals surface area contributed by atoms with Gasteiger partial charge in [0, 0.05) is 18.9 Å². The van der Waals surface area contributed by atoms with Crippen LogP contribution < -0.4 is 5.32 Å². The summed E-state index contributed by atoms with van der Waals surface area (Å²) in [4.78, 5) is 16.7. The van der Waals surface area contributed by atoms with Gasteiger partial charge in [0.2, 0.25) is 5.91 Å². The quantitative estimate of drug-likeness (QED) is 0.866. The Bertz CT molecular complexity index is 618. The summed E-state index contributed by atoms with van der Waals surface area (Å²) in [6.45, 7) is 9.04. The summed E-state index contributed by atoms with van der Waals surface area (Å²) in [5.74, 6) is 0.684. The van der Waals surface area contributed by atoms with Gasteiger partial charge in [0.15, 0.2) is 0 Å². The molecule has 0 aliphatic carbocycles. The van der Waals surface area contributed by atoms with Crippen LogP contribution in [-0.2, 0) is 11.3 Å². The molecule has 1 unspecified atom stereocenters. The van der Waals surface area contributed by atoms with Gasteiger partial charge in [0.05, 0.1) is 5.92 Å². The van der Waals surface area contributed by atoms with Crippen LogP contribution in [0, 0.1) is 5.92 Å². The van der Waals surface area contributed by atoms with E-state index in [1.54, 1.807) is 12.4 Å². The number of hydrogen-bond acceptors (Lipinski definition) is 2. The second-order valence-corrected chi connectivity index (χ2v) is 6.62. The number of carbonyl (C=O) groups is 1. The third-order valence-electron chi connectivity index (χ3n) is 4.10. The molecule has 0 aliphatic heterocycles. The zero-order valence-electron chi connectivity index (χ0n) is 14.4. The van der Waals surface area contributed by atoms with Gasteiger partial charge in [0.1, 0.15) is 0 Å². The number of carbonyl (C=O) groups excluding carboxylic acids is 1. The third-order valence-corrected chi connectivity index (χ3v) is 4.10. The molecule has 2 rings (SSSR count). The Morgan fingerprint density at radius 1 is 1.04 bits per heavy atom. The first kappa shape index (κ1) is 17.2. The minimum Gasteiger partial charge on any atom is -0.351 e. The van der Waals surface area contributed by atoms with Crippen molar-refractivity contribution in [3.8, 4) is 0 Å². The van der Waals surface area contributed by atoms with Crippen LogP contribution in [0.2, 0.25) is 0 Å². The average molecular weight is 310 g/mol. The number of rotatable bonds is 6. The minimum atomic E-state index is -0.132. The molecule has 1 aromatic heterocycles. The van der Waals surface area contributed by atoms with Gasteiger partial charge in [-0.2, -0.15) is 0 Å². The fourth-order valence-corrected chi connectivity index (χ4v) is 2.73.